The van der Waals surface area contributed by atoms with Gasteiger partial charge in [0.05, 0.1) is 5.54 Å². The van der Waals surface area contributed by atoms with Crippen LogP contribution in [-0.2, 0) is 9.59 Å². The Bertz CT molecular complexity index is 238. The molecule has 0 aliphatic heterocycles. The summed E-state index contributed by atoms with van der Waals surface area (Å²) in [6.45, 7) is 4.38. The fraction of sp³-hybridized carbons (Fsp3) is 0.882. The molecule has 0 heterocycles. The number of hydrogen-bond acceptors (Lipinski definition) is 2. The van der Waals surface area contributed by atoms with Gasteiger partial charge in [0.15, 0.2) is 0 Å². The van der Waals surface area contributed by atoms with E-state index in [0.29, 0.717) is 23.1 Å². The van der Waals surface area contributed by atoms with Crippen molar-refractivity contribution in [3.63, 3.8) is 0 Å². The number of rotatable bonds is 14. The summed E-state index contributed by atoms with van der Waals surface area (Å²) >= 11 is 0. The Hall–Kier alpha value is -0.443. The van der Waals surface area contributed by atoms with E-state index in [1.165, 1.54) is 38.5 Å². The third-order valence-electron chi connectivity index (χ3n) is 4.02. The topological polar surface area (TPSA) is 34.1 Å². The zero-order valence-corrected chi connectivity index (χ0v) is 15.9. The lowest BCUT2D eigenvalue weighted by Gasteiger charge is -2.09. The molecule has 0 aliphatic carbocycles. The van der Waals surface area contributed by atoms with E-state index in [4.69, 9.17) is 0 Å². The molecule has 0 fully saturated rings. The van der Waals surface area contributed by atoms with E-state index >= 15 is 0 Å². The van der Waals surface area contributed by atoms with Crippen molar-refractivity contribution >= 4 is 21.8 Å². The van der Waals surface area contributed by atoms with Gasteiger partial charge in [-0.1, -0.05) is 65.2 Å². The molecule has 0 saturated heterocycles. The molecule has 0 aromatic rings. The molecule has 0 unspecified atom stereocenters. The van der Waals surface area contributed by atoms with Gasteiger partial charge in [-0.2, -0.15) is 0 Å². The number of ketones is 2. The predicted octanol–water partition coefficient (Wildman–Crippen LogP) is 4.00. The SMILES string of the molecule is CCCCCCCC(=O)C([SiH3])C(=O)CCCCCCC. The highest BCUT2D eigenvalue weighted by Crippen LogP contribution is 2.15. The molecule has 0 atom stereocenters. The first kappa shape index (κ1) is 19.6. The third kappa shape index (κ3) is 10.4. The predicted molar refractivity (Wildman–Crippen MR) is 90.5 cm³/mol. The molecular weight excluding hydrogens is 264 g/mol. The molecule has 20 heavy (non-hydrogen) atoms. The van der Waals surface area contributed by atoms with Crippen molar-refractivity contribution in [2.24, 2.45) is 0 Å². The molecule has 0 bridgehead atoms. The standard InChI is InChI=1S/C17H34O2Si/c1-3-5-7-9-11-13-15(18)17(20)16(19)14-12-10-8-6-4-2/h17H,3-14H2,1-2,20H3. The molecule has 118 valence electrons. The van der Waals surface area contributed by atoms with Crippen LogP contribution in [0.3, 0.4) is 0 Å². The normalized spacial score (nSPS) is 11.2. The average Bonchev–Trinajstić information content (AvgIpc) is 2.45. The summed E-state index contributed by atoms with van der Waals surface area (Å²) in [5.74, 6) is 0.429. The van der Waals surface area contributed by atoms with Crippen LogP contribution in [-0.4, -0.2) is 21.8 Å². The maximum absolute atomic E-state index is 12.0. The van der Waals surface area contributed by atoms with Gasteiger partial charge in [0.25, 0.3) is 0 Å². The van der Waals surface area contributed by atoms with Gasteiger partial charge in [0, 0.05) is 23.1 Å². The highest BCUT2D eigenvalue weighted by molar-refractivity contribution is 6.36. The minimum Gasteiger partial charge on any atom is -0.299 e. The summed E-state index contributed by atoms with van der Waals surface area (Å²) in [5, 5.41) is 0. The highest BCUT2D eigenvalue weighted by atomic mass is 28.1. The zero-order chi connectivity index (χ0) is 15.2. The summed E-state index contributed by atoms with van der Waals surface area (Å²) in [4.78, 5) is 23.9. The van der Waals surface area contributed by atoms with Crippen LogP contribution >= 0.6 is 0 Å². The van der Waals surface area contributed by atoms with E-state index in [1.807, 2.05) is 0 Å². The second-order valence-corrected chi connectivity index (χ2v) is 7.14. The maximum atomic E-state index is 12.0. The first-order valence-electron chi connectivity index (χ1n) is 8.68. The average molecular weight is 299 g/mol. The number of Topliss-reactive ketones (excluding diaryl/α,β-unsaturated/α-hetero) is 2. The van der Waals surface area contributed by atoms with Crippen molar-refractivity contribution in [2.45, 2.75) is 96.4 Å². The van der Waals surface area contributed by atoms with Crippen molar-refractivity contribution < 1.29 is 9.59 Å². The lowest BCUT2D eigenvalue weighted by atomic mass is 10.0. The lowest BCUT2D eigenvalue weighted by Crippen LogP contribution is -2.18. The molecule has 0 aromatic carbocycles. The first-order chi connectivity index (χ1) is 9.63. The molecule has 0 saturated carbocycles. The van der Waals surface area contributed by atoms with E-state index in [1.54, 1.807) is 0 Å². The molecule has 2 nitrogen and oxygen atoms in total. The van der Waals surface area contributed by atoms with Crippen LogP contribution in [0.2, 0.25) is 5.54 Å². The van der Waals surface area contributed by atoms with Crippen LogP contribution in [0.15, 0.2) is 0 Å². The van der Waals surface area contributed by atoms with Crippen molar-refractivity contribution in [2.75, 3.05) is 0 Å². The van der Waals surface area contributed by atoms with Gasteiger partial charge in [-0.3, -0.25) is 9.59 Å². The van der Waals surface area contributed by atoms with Gasteiger partial charge < -0.3 is 0 Å². The van der Waals surface area contributed by atoms with Gasteiger partial charge in [-0.05, 0) is 12.8 Å². The van der Waals surface area contributed by atoms with Crippen molar-refractivity contribution in [3.05, 3.63) is 0 Å². The fourth-order valence-corrected chi connectivity index (χ4v) is 3.00. The second kappa shape index (κ2) is 13.5. The summed E-state index contributed by atoms with van der Waals surface area (Å²) in [6, 6.07) is 0. The monoisotopic (exact) mass is 298 g/mol. The first-order valence-corrected chi connectivity index (χ1v) is 9.84. The Morgan fingerprint density at radius 2 is 1.05 bits per heavy atom. The fourth-order valence-electron chi connectivity index (χ4n) is 2.42. The largest absolute Gasteiger partial charge is 0.299 e. The number of carbonyl (C=O) groups excluding carboxylic acids is 2. The second-order valence-electron chi connectivity index (χ2n) is 5.98. The van der Waals surface area contributed by atoms with Gasteiger partial charge in [0.2, 0.25) is 0 Å². The highest BCUT2D eigenvalue weighted by Gasteiger charge is 2.19. The van der Waals surface area contributed by atoms with Crippen molar-refractivity contribution in [1.29, 1.82) is 0 Å². The molecule has 0 aromatic heterocycles. The van der Waals surface area contributed by atoms with E-state index in [2.05, 4.69) is 13.8 Å². The summed E-state index contributed by atoms with van der Waals surface area (Å²) < 4.78 is 0. The Kier molecular flexibility index (Phi) is 13.2. The molecule has 0 radical (unpaired) electrons. The minimum absolute atomic E-state index is 0.215. The molecule has 0 spiro atoms. The third-order valence-corrected chi connectivity index (χ3v) is 5.31. The van der Waals surface area contributed by atoms with Crippen molar-refractivity contribution in [3.8, 4) is 0 Å². The van der Waals surface area contributed by atoms with Gasteiger partial charge in [-0.15, -0.1) is 0 Å². The van der Waals surface area contributed by atoms with Crippen molar-refractivity contribution in [1.82, 2.24) is 0 Å². The molecule has 0 N–H and O–H groups in total. The van der Waals surface area contributed by atoms with Gasteiger partial charge in [-0.25, -0.2) is 0 Å². The minimum atomic E-state index is -0.229. The Labute approximate surface area is 128 Å². The van der Waals surface area contributed by atoms with Crippen LogP contribution in [0.5, 0.6) is 0 Å². The summed E-state index contributed by atoms with van der Waals surface area (Å²) in [7, 11) is 0.697. The van der Waals surface area contributed by atoms with Gasteiger partial charge in [0.1, 0.15) is 11.6 Å². The number of unbranched alkanes of at least 4 members (excludes halogenated alkanes) is 8. The Morgan fingerprint density at radius 3 is 1.40 bits per heavy atom. The van der Waals surface area contributed by atoms with Crippen LogP contribution < -0.4 is 0 Å². The lowest BCUT2D eigenvalue weighted by molar-refractivity contribution is -0.126. The quantitative estimate of drug-likeness (QED) is 0.276. The molecule has 0 amide bonds. The van der Waals surface area contributed by atoms with Crippen LogP contribution in [0.1, 0.15) is 90.9 Å². The summed E-state index contributed by atoms with van der Waals surface area (Å²) in [5.41, 5.74) is -0.229. The smallest absolute Gasteiger partial charge is 0.139 e. The van der Waals surface area contributed by atoms with E-state index in [0.717, 1.165) is 25.7 Å². The van der Waals surface area contributed by atoms with E-state index < -0.39 is 0 Å². The van der Waals surface area contributed by atoms with Crippen LogP contribution in [0.4, 0.5) is 0 Å². The number of carbonyl (C=O) groups is 2. The molecule has 0 rings (SSSR count). The van der Waals surface area contributed by atoms with Gasteiger partial charge >= 0.3 is 0 Å². The summed E-state index contributed by atoms with van der Waals surface area (Å²) in [6.07, 6.45) is 12.9. The van der Waals surface area contributed by atoms with Crippen LogP contribution in [0, 0.1) is 0 Å². The molecule has 3 heteroatoms. The number of hydrogen-bond donors (Lipinski definition) is 0. The molecular formula is C17H34O2Si. The Morgan fingerprint density at radius 1 is 0.700 bits per heavy atom. The Balaban J connectivity index is 3.67. The van der Waals surface area contributed by atoms with E-state index in [-0.39, 0.29) is 17.1 Å². The zero-order valence-electron chi connectivity index (χ0n) is 13.9. The molecule has 0 aliphatic rings. The van der Waals surface area contributed by atoms with E-state index in [9.17, 15) is 9.59 Å². The van der Waals surface area contributed by atoms with Crippen LogP contribution in [0.25, 0.3) is 0 Å². The maximum Gasteiger partial charge on any atom is 0.139 e.